The van der Waals surface area contributed by atoms with E-state index >= 15 is 0 Å². The van der Waals surface area contributed by atoms with E-state index in [9.17, 15) is 0 Å². The number of nitrogens with zero attached hydrogens (tertiary/aromatic N) is 3. The minimum absolute atomic E-state index is 0. The molecule has 0 spiro atoms. The molecule has 0 atom stereocenters. The molecule has 3 nitrogen and oxygen atoms in total. The normalized spacial score (nSPS) is 10.3. The molecule has 0 N–H and O–H groups in total. The van der Waals surface area contributed by atoms with Crippen LogP contribution in [0.25, 0.3) is 0 Å². The van der Waals surface area contributed by atoms with Crippen molar-refractivity contribution in [3.05, 3.63) is 88.0 Å². The van der Waals surface area contributed by atoms with Crippen LogP contribution in [0.5, 0.6) is 0 Å². The number of benzene rings is 3. The second kappa shape index (κ2) is 17.9. The van der Waals surface area contributed by atoms with Crippen molar-refractivity contribution in [2.75, 3.05) is 54.0 Å². The third kappa shape index (κ3) is 8.40. The maximum absolute atomic E-state index is 2.43. The predicted octanol–water partition coefficient (Wildman–Crippen LogP) is 2.34. The molecule has 0 radical (unpaired) electrons. The predicted molar refractivity (Wildman–Crippen MR) is 165 cm³/mol. The van der Waals surface area contributed by atoms with Crippen LogP contribution in [0.4, 0.5) is 17.1 Å². The fourth-order valence-electron chi connectivity index (χ4n) is 5.81. The van der Waals surface area contributed by atoms with Crippen molar-refractivity contribution in [2.45, 2.75) is 68.2 Å². The first-order valence-electron chi connectivity index (χ1n) is 14.4. The minimum atomic E-state index is 0. The van der Waals surface area contributed by atoms with E-state index < -0.39 is 0 Å². The smallest absolute Gasteiger partial charge is 1.00 e. The topological polar surface area (TPSA) is 9.72 Å². The fraction of sp³-hybridized carbons (Fsp3) is 0.471. The van der Waals surface area contributed by atoms with Crippen LogP contribution in [0.3, 0.4) is 0 Å². The van der Waals surface area contributed by atoms with Gasteiger partial charge in [0.25, 0.3) is 0 Å². The molecule has 216 valence electrons. The van der Waals surface area contributed by atoms with Crippen molar-refractivity contribution in [3.63, 3.8) is 0 Å². The van der Waals surface area contributed by atoms with Gasteiger partial charge in [0.05, 0.1) is 0 Å². The Balaban J connectivity index is 0.00000507. The van der Waals surface area contributed by atoms with E-state index in [0.717, 1.165) is 39.3 Å². The summed E-state index contributed by atoms with van der Waals surface area (Å²) in [5, 5.41) is 0. The van der Waals surface area contributed by atoms with Gasteiger partial charge in [-0.2, -0.15) is 0 Å². The number of rotatable bonds is 12. The standard InChI is InChI=1S/C34H49N3.2ClH.Zn/c1-10-35(11-2)28-16-19-31(25(7)22-28)34(32-20-17-29(23-26(32)8)36(12-3)13-4)33-21-18-30(24-27(33)9)37(14-5)15-6;;;/h16-24,34H,10-15H2,1-9H3;2*1H;/q;;;+2/p-2. The Morgan fingerprint density at radius 1 is 0.450 bits per heavy atom. The Morgan fingerprint density at radius 2 is 0.675 bits per heavy atom. The molecule has 3 aromatic carbocycles. The molecule has 3 rings (SSSR count). The zero-order valence-corrected chi connectivity index (χ0v) is 30.8. The zero-order valence-electron chi connectivity index (χ0n) is 26.3. The molecule has 6 heteroatoms. The third-order valence-electron chi connectivity index (χ3n) is 8.08. The van der Waals surface area contributed by atoms with Crippen LogP contribution < -0.4 is 39.5 Å². The third-order valence-corrected chi connectivity index (χ3v) is 8.08. The van der Waals surface area contributed by atoms with Gasteiger partial charge in [0.2, 0.25) is 0 Å². The van der Waals surface area contributed by atoms with Gasteiger partial charge < -0.3 is 39.5 Å². The van der Waals surface area contributed by atoms with Crippen LogP contribution >= 0.6 is 0 Å². The number of anilines is 3. The minimum Gasteiger partial charge on any atom is -1.00 e. The van der Waals surface area contributed by atoms with Gasteiger partial charge >= 0.3 is 19.5 Å². The van der Waals surface area contributed by atoms with Gasteiger partial charge in [0, 0.05) is 62.2 Å². The SMILES string of the molecule is CCN(CC)c1ccc(C(c2ccc(N(CC)CC)cc2C)c2ccc(N(CC)CC)cc2C)c(C)c1.[Cl-].[Cl-].[Zn+2]. The first kappa shape index (κ1) is 38.3. The average molecular weight is 636 g/mol. The number of hydrogen-bond donors (Lipinski definition) is 0. The zero-order chi connectivity index (χ0) is 27.1. The van der Waals surface area contributed by atoms with E-state index in [0.29, 0.717) is 0 Å². The Morgan fingerprint density at radius 3 is 0.850 bits per heavy atom. The van der Waals surface area contributed by atoms with E-state index in [1.54, 1.807) is 0 Å². The maximum Gasteiger partial charge on any atom is 2.00 e. The van der Waals surface area contributed by atoms with Crippen LogP contribution in [0.1, 0.15) is 80.8 Å². The number of aryl methyl sites for hydroxylation is 3. The molecule has 40 heavy (non-hydrogen) atoms. The summed E-state index contributed by atoms with van der Waals surface area (Å²) >= 11 is 0. The summed E-state index contributed by atoms with van der Waals surface area (Å²) in [4.78, 5) is 7.29. The van der Waals surface area contributed by atoms with Gasteiger partial charge in [-0.15, -0.1) is 0 Å². The summed E-state index contributed by atoms with van der Waals surface area (Å²) in [6.07, 6.45) is 0. The van der Waals surface area contributed by atoms with Crippen LogP contribution in [-0.4, -0.2) is 39.3 Å². The molecule has 3 aromatic rings. The molecule has 0 saturated carbocycles. The Hall–Kier alpha value is -1.74. The molecule has 0 aliphatic carbocycles. The monoisotopic (exact) mass is 633 g/mol. The van der Waals surface area contributed by atoms with Crippen molar-refractivity contribution in [3.8, 4) is 0 Å². The number of halogens is 2. The second-order valence-corrected chi connectivity index (χ2v) is 10.1. The van der Waals surface area contributed by atoms with Crippen LogP contribution in [0.2, 0.25) is 0 Å². The summed E-state index contributed by atoms with van der Waals surface area (Å²) < 4.78 is 0. The first-order valence-corrected chi connectivity index (χ1v) is 14.4. The van der Waals surface area contributed by atoms with Gasteiger partial charge in [-0.3, -0.25) is 0 Å². The Kier molecular flexibility index (Phi) is 17.2. The summed E-state index contributed by atoms with van der Waals surface area (Å²) in [6.45, 7) is 26.4. The van der Waals surface area contributed by atoms with Crippen molar-refractivity contribution in [1.82, 2.24) is 0 Å². The first-order chi connectivity index (χ1) is 17.8. The Bertz CT molecular complexity index is 1030. The average Bonchev–Trinajstić information content (AvgIpc) is 2.89. The molecule has 0 aliphatic heterocycles. The van der Waals surface area contributed by atoms with Gasteiger partial charge in [-0.05, 0) is 132 Å². The molecule has 0 aliphatic rings. The molecular weight excluding hydrogens is 587 g/mol. The van der Waals surface area contributed by atoms with E-state index in [1.807, 2.05) is 0 Å². The Labute approximate surface area is 270 Å². The van der Waals surface area contributed by atoms with Gasteiger partial charge in [-0.25, -0.2) is 0 Å². The van der Waals surface area contributed by atoms with Crippen LogP contribution in [0, 0.1) is 20.8 Å². The molecule has 0 amide bonds. The largest absolute Gasteiger partial charge is 2.00 e. The van der Waals surface area contributed by atoms with Crippen molar-refractivity contribution >= 4 is 17.1 Å². The van der Waals surface area contributed by atoms with E-state index in [1.165, 1.54) is 50.4 Å². The number of hydrogen-bond acceptors (Lipinski definition) is 3. The van der Waals surface area contributed by atoms with Crippen LogP contribution in [-0.2, 0) is 19.5 Å². The molecule has 0 fully saturated rings. The molecule has 0 heterocycles. The van der Waals surface area contributed by atoms with Gasteiger partial charge in [-0.1, -0.05) is 18.2 Å². The van der Waals surface area contributed by atoms with Crippen LogP contribution in [0.15, 0.2) is 54.6 Å². The van der Waals surface area contributed by atoms with E-state index in [2.05, 4.69) is 132 Å². The molecule has 0 saturated heterocycles. The van der Waals surface area contributed by atoms with Crippen molar-refractivity contribution in [1.29, 1.82) is 0 Å². The molecule has 0 unspecified atom stereocenters. The molecule has 0 bridgehead atoms. The molecule has 0 aromatic heterocycles. The summed E-state index contributed by atoms with van der Waals surface area (Å²) in [5.74, 6) is 0.197. The van der Waals surface area contributed by atoms with Gasteiger partial charge in [0.15, 0.2) is 0 Å². The van der Waals surface area contributed by atoms with E-state index in [4.69, 9.17) is 0 Å². The van der Waals surface area contributed by atoms with Gasteiger partial charge in [0.1, 0.15) is 0 Å². The maximum atomic E-state index is 2.43. The summed E-state index contributed by atoms with van der Waals surface area (Å²) in [7, 11) is 0. The quantitative estimate of drug-likeness (QED) is 0.224. The van der Waals surface area contributed by atoms with E-state index in [-0.39, 0.29) is 50.2 Å². The summed E-state index contributed by atoms with van der Waals surface area (Å²) in [5.41, 5.74) is 12.2. The fourth-order valence-corrected chi connectivity index (χ4v) is 5.81. The van der Waals surface area contributed by atoms with Crippen molar-refractivity contribution < 1.29 is 44.3 Å². The summed E-state index contributed by atoms with van der Waals surface area (Å²) in [6, 6.07) is 21.2. The molecular formula is C34H49Cl2N3Zn. The van der Waals surface area contributed by atoms with Crippen molar-refractivity contribution in [2.24, 2.45) is 0 Å². The second-order valence-electron chi connectivity index (χ2n) is 10.1.